The predicted molar refractivity (Wildman–Crippen MR) is 108 cm³/mol. The summed E-state index contributed by atoms with van der Waals surface area (Å²) >= 11 is 0. The number of aromatic amines is 1. The third kappa shape index (κ3) is 3.43. The van der Waals surface area contributed by atoms with Crippen LogP contribution in [0.4, 0.5) is 0 Å². The lowest BCUT2D eigenvalue weighted by Crippen LogP contribution is -2.29. The van der Waals surface area contributed by atoms with E-state index in [0.717, 1.165) is 5.56 Å². The Morgan fingerprint density at radius 1 is 1.03 bits per heavy atom. The number of methoxy groups -OCH3 is 1. The van der Waals surface area contributed by atoms with Crippen molar-refractivity contribution in [1.82, 2.24) is 4.90 Å². The van der Waals surface area contributed by atoms with Crippen LogP contribution in [0.1, 0.15) is 22.7 Å². The van der Waals surface area contributed by atoms with E-state index in [1.54, 1.807) is 67.0 Å². The van der Waals surface area contributed by atoms with Gasteiger partial charge < -0.3 is 14.7 Å². The highest BCUT2D eigenvalue weighted by Crippen LogP contribution is 2.42. The summed E-state index contributed by atoms with van der Waals surface area (Å²) < 4.78 is 5.48. The van der Waals surface area contributed by atoms with Crippen molar-refractivity contribution in [1.29, 1.82) is 0 Å². The smallest absolute Gasteiger partial charge is 0.295 e. The van der Waals surface area contributed by atoms with Gasteiger partial charge in [0.25, 0.3) is 5.91 Å². The van der Waals surface area contributed by atoms with Gasteiger partial charge in [-0.25, -0.2) is 4.98 Å². The zero-order valence-corrected chi connectivity index (χ0v) is 16.4. The van der Waals surface area contributed by atoms with E-state index in [1.165, 1.54) is 12.0 Å². The van der Waals surface area contributed by atoms with Gasteiger partial charge in [-0.3, -0.25) is 9.59 Å². The van der Waals surface area contributed by atoms with Gasteiger partial charge in [0.1, 0.15) is 5.75 Å². The number of H-pyrrole nitrogens is 1. The van der Waals surface area contributed by atoms with Crippen LogP contribution in [0.15, 0.2) is 84.7 Å². The highest BCUT2D eigenvalue weighted by Gasteiger charge is 2.45. The molecule has 1 N–H and O–H groups in total. The topological polar surface area (TPSA) is 83.8 Å². The molecule has 30 heavy (non-hydrogen) atoms. The zero-order valence-electron chi connectivity index (χ0n) is 16.4. The minimum Gasteiger partial charge on any atom is -0.872 e. The Morgan fingerprint density at radius 2 is 1.77 bits per heavy atom. The van der Waals surface area contributed by atoms with Gasteiger partial charge >= 0.3 is 0 Å². The number of benzene rings is 2. The van der Waals surface area contributed by atoms with Gasteiger partial charge in [0.15, 0.2) is 12.4 Å². The third-order valence-electron chi connectivity index (χ3n) is 5.12. The summed E-state index contributed by atoms with van der Waals surface area (Å²) in [4.78, 5) is 30.4. The van der Waals surface area contributed by atoms with Crippen molar-refractivity contribution in [2.24, 2.45) is 0 Å². The molecule has 0 radical (unpaired) electrons. The molecule has 0 saturated carbocycles. The Kier molecular flexibility index (Phi) is 5.30. The summed E-state index contributed by atoms with van der Waals surface area (Å²) in [5.74, 6) is -1.42. The molecule has 3 aromatic rings. The monoisotopic (exact) mass is 400 g/mol. The number of para-hydroxylation sites is 1. The molecule has 1 amide bonds. The fourth-order valence-electron chi connectivity index (χ4n) is 3.72. The average molecular weight is 400 g/mol. The molecule has 0 aliphatic carbocycles. The van der Waals surface area contributed by atoms with Crippen LogP contribution in [0.5, 0.6) is 5.75 Å². The van der Waals surface area contributed by atoms with E-state index in [1.807, 2.05) is 12.1 Å². The quantitative estimate of drug-likeness (QED) is 0.372. The molecule has 2 heterocycles. The maximum absolute atomic E-state index is 13.3. The van der Waals surface area contributed by atoms with Gasteiger partial charge in [-0.1, -0.05) is 54.3 Å². The molecule has 0 bridgehead atoms. The Hall–Kier alpha value is -3.93. The summed E-state index contributed by atoms with van der Waals surface area (Å²) in [5.41, 5.74) is 1.71. The van der Waals surface area contributed by atoms with Crippen molar-refractivity contribution < 1.29 is 24.4 Å². The van der Waals surface area contributed by atoms with Crippen LogP contribution in [-0.4, -0.2) is 23.7 Å². The van der Waals surface area contributed by atoms with Crippen LogP contribution in [0, 0.1) is 0 Å². The van der Waals surface area contributed by atoms with E-state index < -0.39 is 23.5 Å². The second kappa shape index (κ2) is 8.21. The van der Waals surface area contributed by atoms with Gasteiger partial charge in [0.2, 0.25) is 5.78 Å². The number of rotatable bonds is 5. The minimum atomic E-state index is -0.839. The first-order valence-corrected chi connectivity index (χ1v) is 9.51. The standard InChI is InChI=1S/C24H20N2O4/c1-30-19-12-6-5-11-18(19)21-20(22(27)17-9-3-2-4-10-17)23(28)24(29)26(21)15-16-8-7-13-25-14-16/h2-14,21,27H,15H2,1H3. The van der Waals surface area contributed by atoms with Crippen molar-refractivity contribution in [2.75, 3.05) is 7.11 Å². The molecule has 6 nitrogen and oxygen atoms in total. The predicted octanol–water partition coefficient (Wildman–Crippen LogP) is 1.93. The molecular weight excluding hydrogens is 380 g/mol. The molecule has 150 valence electrons. The number of likely N-dealkylation sites (tertiary alicyclic amines) is 1. The number of Topliss-reactive ketones (excluding diaryl/α,β-unsaturated/α-hetero) is 1. The number of ether oxygens (including phenoxy) is 1. The first kappa shape index (κ1) is 19.4. The molecular formula is C24H20N2O4. The first-order chi connectivity index (χ1) is 14.6. The summed E-state index contributed by atoms with van der Waals surface area (Å²) in [6, 6.07) is 18.5. The normalized spacial score (nSPS) is 17.9. The first-order valence-electron chi connectivity index (χ1n) is 9.51. The number of aromatic nitrogens is 1. The van der Waals surface area contributed by atoms with Crippen LogP contribution in [0.3, 0.4) is 0 Å². The molecule has 1 aliphatic rings. The lowest BCUT2D eigenvalue weighted by Gasteiger charge is -2.28. The number of pyridine rings is 1. The summed E-state index contributed by atoms with van der Waals surface area (Å²) in [6.07, 6.45) is 3.52. The molecule has 1 fully saturated rings. The largest absolute Gasteiger partial charge is 0.872 e. The van der Waals surface area contributed by atoms with Crippen molar-refractivity contribution in [3.05, 3.63) is 101 Å². The molecule has 0 spiro atoms. The number of amides is 1. The average Bonchev–Trinajstić information content (AvgIpc) is 3.04. The number of carbonyl (C=O) groups is 2. The fourth-order valence-corrected chi connectivity index (χ4v) is 3.72. The Labute approximate surface area is 174 Å². The van der Waals surface area contributed by atoms with E-state index in [0.29, 0.717) is 16.9 Å². The van der Waals surface area contributed by atoms with E-state index >= 15 is 0 Å². The lowest BCUT2D eigenvalue weighted by atomic mass is 9.94. The SMILES string of the molecule is COc1ccccc1C1C(=C([O-])c2ccccc2)C(=O)C(=O)N1Cc1ccc[nH+]c1. The molecule has 1 aromatic heterocycles. The molecule has 1 saturated heterocycles. The van der Waals surface area contributed by atoms with Gasteiger partial charge in [-0.05, 0) is 17.7 Å². The Bertz CT molecular complexity index is 1110. The van der Waals surface area contributed by atoms with Gasteiger partial charge in [-0.2, -0.15) is 0 Å². The number of ketones is 1. The van der Waals surface area contributed by atoms with Crippen molar-refractivity contribution in [3.8, 4) is 5.75 Å². The Morgan fingerprint density at radius 3 is 2.47 bits per heavy atom. The number of carbonyl (C=O) groups excluding carboxylic acids is 2. The molecule has 1 unspecified atom stereocenters. The van der Waals surface area contributed by atoms with Crippen LogP contribution in [0.25, 0.3) is 5.76 Å². The maximum Gasteiger partial charge on any atom is 0.295 e. The number of hydrogen-bond donors (Lipinski definition) is 0. The van der Waals surface area contributed by atoms with E-state index in [9.17, 15) is 14.7 Å². The minimum absolute atomic E-state index is 0.0596. The third-order valence-corrected chi connectivity index (χ3v) is 5.12. The molecule has 6 heteroatoms. The van der Waals surface area contributed by atoms with E-state index in [2.05, 4.69) is 4.98 Å². The highest BCUT2D eigenvalue weighted by atomic mass is 16.5. The number of nitrogens with zero attached hydrogens (tertiary/aromatic N) is 1. The van der Waals surface area contributed by atoms with Crippen molar-refractivity contribution >= 4 is 17.4 Å². The number of hydrogen-bond acceptors (Lipinski definition) is 4. The van der Waals surface area contributed by atoms with Gasteiger partial charge in [0.05, 0.1) is 19.7 Å². The van der Waals surface area contributed by atoms with Crippen LogP contribution in [-0.2, 0) is 16.1 Å². The Balaban J connectivity index is 1.90. The van der Waals surface area contributed by atoms with Crippen molar-refractivity contribution in [3.63, 3.8) is 0 Å². The second-order valence-electron chi connectivity index (χ2n) is 6.93. The molecule has 4 rings (SSSR count). The highest BCUT2D eigenvalue weighted by molar-refractivity contribution is 6.46. The van der Waals surface area contributed by atoms with Crippen molar-refractivity contribution in [2.45, 2.75) is 12.6 Å². The second-order valence-corrected chi connectivity index (χ2v) is 6.93. The molecule has 1 atom stereocenters. The van der Waals surface area contributed by atoms with Crippen LogP contribution < -0.4 is 14.8 Å². The fraction of sp³-hybridized carbons (Fsp3) is 0.125. The lowest BCUT2D eigenvalue weighted by molar-refractivity contribution is -0.378. The van der Waals surface area contributed by atoms with Crippen LogP contribution in [0.2, 0.25) is 0 Å². The number of nitrogens with one attached hydrogen (secondary N) is 1. The van der Waals surface area contributed by atoms with Gasteiger partial charge in [0, 0.05) is 22.8 Å². The van der Waals surface area contributed by atoms with Gasteiger partial charge in [-0.15, -0.1) is 0 Å². The van der Waals surface area contributed by atoms with E-state index in [-0.39, 0.29) is 12.1 Å². The van der Waals surface area contributed by atoms with E-state index in [4.69, 9.17) is 4.74 Å². The molecule has 1 aliphatic heterocycles. The summed E-state index contributed by atoms with van der Waals surface area (Å²) in [5, 5.41) is 13.3. The van der Waals surface area contributed by atoms with Crippen LogP contribution >= 0.6 is 0 Å². The molecule has 2 aromatic carbocycles. The summed E-state index contributed by atoms with van der Waals surface area (Å²) in [6.45, 7) is 0.177. The summed E-state index contributed by atoms with van der Waals surface area (Å²) in [7, 11) is 1.52. The zero-order chi connectivity index (χ0) is 21.1. The maximum atomic E-state index is 13.3.